The smallest absolute Gasteiger partial charge is 0.180 e. The van der Waals surface area contributed by atoms with E-state index < -0.39 is 0 Å². The maximum Gasteiger partial charge on any atom is 0.180 e. The van der Waals surface area contributed by atoms with Gasteiger partial charge in [-0.3, -0.25) is 4.99 Å². The van der Waals surface area contributed by atoms with E-state index in [4.69, 9.17) is 4.74 Å². The summed E-state index contributed by atoms with van der Waals surface area (Å²) < 4.78 is 5.28. The first-order valence-corrected chi connectivity index (χ1v) is 8.41. The summed E-state index contributed by atoms with van der Waals surface area (Å²) in [6.07, 6.45) is 0. The van der Waals surface area contributed by atoms with Crippen LogP contribution in [0.4, 0.5) is 0 Å². The molecule has 0 amide bonds. The zero-order valence-electron chi connectivity index (χ0n) is 13.3. The second-order valence-corrected chi connectivity index (χ2v) is 6.12. The Hall–Kier alpha value is -2.27. The molecule has 0 saturated carbocycles. The van der Waals surface area contributed by atoms with Crippen molar-refractivity contribution in [1.29, 1.82) is 0 Å². The maximum absolute atomic E-state index is 5.28. The number of hydrazone groups is 1. The highest BCUT2D eigenvalue weighted by atomic mass is 32.2. The lowest BCUT2D eigenvalue weighted by atomic mass is 10.1. The lowest BCUT2D eigenvalue weighted by Crippen LogP contribution is -2.27. The Labute approximate surface area is 140 Å². The number of benzene rings is 2. The summed E-state index contributed by atoms with van der Waals surface area (Å²) in [5.41, 5.74) is 3.33. The van der Waals surface area contributed by atoms with E-state index in [9.17, 15) is 0 Å². The van der Waals surface area contributed by atoms with Crippen LogP contribution in [0.5, 0.6) is 5.75 Å². The van der Waals surface area contributed by atoms with Crippen LogP contribution in [-0.4, -0.2) is 35.8 Å². The molecule has 0 bridgehead atoms. The average molecular weight is 325 g/mol. The molecule has 0 unspecified atom stereocenters. The van der Waals surface area contributed by atoms with Gasteiger partial charge in [0.2, 0.25) is 0 Å². The molecule has 0 saturated heterocycles. The van der Waals surface area contributed by atoms with Gasteiger partial charge in [-0.15, -0.1) is 0 Å². The summed E-state index contributed by atoms with van der Waals surface area (Å²) >= 11 is 1.71. The average Bonchev–Trinajstić information content (AvgIpc) is 2.61. The van der Waals surface area contributed by atoms with Gasteiger partial charge in [0, 0.05) is 18.4 Å². The van der Waals surface area contributed by atoms with Gasteiger partial charge in [0.15, 0.2) is 5.17 Å². The third-order valence-electron chi connectivity index (χ3n) is 3.53. The Balaban J connectivity index is 1.74. The lowest BCUT2D eigenvalue weighted by Gasteiger charge is -2.23. The van der Waals surface area contributed by atoms with Gasteiger partial charge in [-0.2, -0.15) is 5.10 Å². The van der Waals surface area contributed by atoms with E-state index in [1.165, 1.54) is 5.56 Å². The fourth-order valence-corrected chi connectivity index (χ4v) is 3.19. The van der Waals surface area contributed by atoms with Crippen molar-refractivity contribution >= 4 is 22.6 Å². The zero-order chi connectivity index (χ0) is 16.1. The first kappa shape index (κ1) is 15.6. The van der Waals surface area contributed by atoms with E-state index >= 15 is 0 Å². The van der Waals surface area contributed by atoms with Crippen LogP contribution in [0, 0.1) is 0 Å². The van der Waals surface area contributed by atoms with Crippen molar-refractivity contribution in [3.05, 3.63) is 65.7 Å². The summed E-state index contributed by atoms with van der Waals surface area (Å²) in [5.74, 6) is 1.66. The topological polar surface area (TPSA) is 37.2 Å². The first-order chi connectivity index (χ1) is 11.3. The number of ether oxygens (including phenoxy) is 1. The van der Waals surface area contributed by atoms with Crippen LogP contribution < -0.4 is 4.74 Å². The van der Waals surface area contributed by atoms with Crippen LogP contribution in [0.25, 0.3) is 0 Å². The first-order valence-electron chi connectivity index (χ1n) is 7.43. The van der Waals surface area contributed by atoms with Crippen molar-refractivity contribution in [2.45, 2.75) is 6.54 Å². The normalized spacial score (nSPS) is 16.3. The predicted octanol–water partition coefficient (Wildman–Crippen LogP) is 3.63. The quantitative estimate of drug-likeness (QED) is 0.861. The molecular formula is C18H19N3OS. The van der Waals surface area contributed by atoms with Crippen molar-refractivity contribution in [2.75, 3.05) is 19.9 Å². The SMILES string of the molecule is COc1cccc(C2=NN(C)C(=NCc3ccccc3)SC2)c1. The van der Waals surface area contributed by atoms with Crippen molar-refractivity contribution < 1.29 is 4.74 Å². The molecule has 1 aliphatic heterocycles. The Morgan fingerprint density at radius 1 is 1.17 bits per heavy atom. The molecule has 0 fully saturated rings. The predicted molar refractivity (Wildman–Crippen MR) is 97.3 cm³/mol. The molecule has 0 spiro atoms. The van der Waals surface area contributed by atoms with Gasteiger partial charge >= 0.3 is 0 Å². The van der Waals surface area contributed by atoms with E-state index in [1.807, 2.05) is 48.5 Å². The molecule has 2 aromatic rings. The molecule has 0 radical (unpaired) electrons. The maximum atomic E-state index is 5.28. The monoisotopic (exact) mass is 325 g/mol. The van der Waals surface area contributed by atoms with E-state index in [2.05, 4.69) is 28.3 Å². The highest BCUT2D eigenvalue weighted by molar-refractivity contribution is 8.14. The minimum Gasteiger partial charge on any atom is -0.497 e. The third kappa shape index (κ3) is 3.93. The van der Waals surface area contributed by atoms with Gasteiger partial charge in [-0.05, 0) is 17.7 Å². The molecule has 1 heterocycles. The molecule has 1 aliphatic rings. The largest absolute Gasteiger partial charge is 0.497 e. The molecule has 0 aliphatic carbocycles. The molecule has 23 heavy (non-hydrogen) atoms. The van der Waals surface area contributed by atoms with Crippen LogP contribution in [0.2, 0.25) is 0 Å². The molecule has 0 atom stereocenters. The number of nitrogens with zero attached hydrogens (tertiary/aromatic N) is 3. The molecule has 3 rings (SSSR count). The number of methoxy groups -OCH3 is 1. The Kier molecular flexibility index (Phi) is 4.98. The van der Waals surface area contributed by atoms with Crippen molar-refractivity contribution in [2.24, 2.45) is 10.1 Å². The van der Waals surface area contributed by atoms with Crippen LogP contribution in [0.1, 0.15) is 11.1 Å². The van der Waals surface area contributed by atoms with Gasteiger partial charge in [-0.25, -0.2) is 5.01 Å². The van der Waals surface area contributed by atoms with Gasteiger partial charge < -0.3 is 4.74 Å². The van der Waals surface area contributed by atoms with Crippen molar-refractivity contribution in [3.8, 4) is 5.75 Å². The molecule has 118 valence electrons. The van der Waals surface area contributed by atoms with Crippen LogP contribution in [-0.2, 0) is 6.54 Å². The number of amidine groups is 1. The minimum atomic E-state index is 0.678. The minimum absolute atomic E-state index is 0.678. The van der Waals surface area contributed by atoms with Gasteiger partial charge in [-0.1, -0.05) is 54.2 Å². The van der Waals surface area contributed by atoms with Crippen LogP contribution >= 0.6 is 11.8 Å². The standard InChI is InChI=1S/C18H19N3OS/c1-21-18(19-12-14-7-4-3-5-8-14)23-13-17(20-21)15-9-6-10-16(11-15)22-2/h3-11H,12-13H2,1-2H3. The van der Waals surface area contributed by atoms with Crippen molar-refractivity contribution in [1.82, 2.24) is 5.01 Å². The number of rotatable bonds is 4. The van der Waals surface area contributed by atoms with Crippen molar-refractivity contribution in [3.63, 3.8) is 0 Å². The van der Waals surface area contributed by atoms with E-state index in [1.54, 1.807) is 18.9 Å². The Morgan fingerprint density at radius 2 is 2.00 bits per heavy atom. The summed E-state index contributed by atoms with van der Waals surface area (Å²) in [6.45, 7) is 0.678. The van der Waals surface area contributed by atoms with E-state index in [0.29, 0.717) is 6.54 Å². The molecular weight excluding hydrogens is 306 g/mol. The second-order valence-electron chi connectivity index (χ2n) is 5.18. The van der Waals surface area contributed by atoms with Crippen LogP contribution in [0.15, 0.2) is 64.7 Å². The summed E-state index contributed by atoms with van der Waals surface area (Å²) in [4.78, 5) is 4.67. The fraction of sp³-hybridized carbons (Fsp3) is 0.222. The van der Waals surface area contributed by atoms with Crippen LogP contribution in [0.3, 0.4) is 0 Å². The molecule has 0 aromatic heterocycles. The molecule has 0 N–H and O–H groups in total. The Bertz CT molecular complexity index is 728. The number of thioether (sulfide) groups is 1. The zero-order valence-corrected chi connectivity index (χ0v) is 14.1. The summed E-state index contributed by atoms with van der Waals surface area (Å²) in [7, 11) is 3.62. The third-order valence-corrected chi connectivity index (χ3v) is 4.60. The molecule has 5 heteroatoms. The highest BCUT2D eigenvalue weighted by Crippen LogP contribution is 2.21. The fourth-order valence-electron chi connectivity index (χ4n) is 2.31. The Morgan fingerprint density at radius 3 is 2.74 bits per heavy atom. The number of hydrogen-bond acceptors (Lipinski definition) is 4. The van der Waals surface area contributed by atoms with Gasteiger partial charge in [0.1, 0.15) is 5.75 Å². The highest BCUT2D eigenvalue weighted by Gasteiger charge is 2.17. The van der Waals surface area contributed by atoms with Gasteiger partial charge in [0.05, 0.1) is 19.4 Å². The molecule has 4 nitrogen and oxygen atoms in total. The number of aliphatic imine (C=N–C) groups is 1. The summed E-state index contributed by atoms with van der Waals surface area (Å²) in [6, 6.07) is 18.3. The van der Waals surface area contributed by atoms with Gasteiger partial charge in [0.25, 0.3) is 0 Å². The number of hydrogen-bond donors (Lipinski definition) is 0. The molecule has 2 aromatic carbocycles. The lowest BCUT2D eigenvalue weighted by molar-refractivity contribution is 0.414. The van der Waals surface area contributed by atoms with E-state index in [-0.39, 0.29) is 0 Å². The summed E-state index contributed by atoms with van der Waals surface area (Å²) in [5, 5.41) is 7.46. The second kappa shape index (κ2) is 7.33. The van der Waals surface area contributed by atoms with E-state index in [0.717, 1.165) is 27.9 Å².